The number of sulfonamides is 1. The van der Waals surface area contributed by atoms with Gasteiger partial charge in [-0.25, -0.2) is 8.42 Å². The monoisotopic (exact) mass is 415 g/mol. The fourth-order valence-corrected chi connectivity index (χ4v) is 5.15. The Morgan fingerprint density at radius 1 is 1.24 bits per heavy atom. The summed E-state index contributed by atoms with van der Waals surface area (Å²) in [5.74, 6) is 0.807. The van der Waals surface area contributed by atoms with E-state index in [9.17, 15) is 13.2 Å². The average Bonchev–Trinajstić information content (AvgIpc) is 3.20. The smallest absolute Gasteiger partial charge is 0.227 e. The van der Waals surface area contributed by atoms with Crippen molar-refractivity contribution in [1.82, 2.24) is 9.29 Å². The van der Waals surface area contributed by atoms with Crippen molar-refractivity contribution in [2.24, 2.45) is 0 Å². The number of aromatic nitrogens is 1. The molecule has 0 aliphatic carbocycles. The van der Waals surface area contributed by atoms with Gasteiger partial charge in [-0.15, -0.1) is 0 Å². The second kappa shape index (κ2) is 7.76. The van der Waals surface area contributed by atoms with Crippen molar-refractivity contribution in [3.8, 4) is 16.9 Å². The second-order valence-corrected chi connectivity index (χ2v) is 9.72. The topological polar surface area (TPSA) is 79.8 Å². The molecule has 1 atom stereocenters. The van der Waals surface area contributed by atoms with Crippen LogP contribution in [0.15, 0.2) is 36.7 Å². The maximum absolute atomic E-state index is 12.2. The molecule has 7 nitrogen and oxygen atoms in total. The van der Waals surface area contributed by atoms with Crippen LogP contribution in [0.3, 0.4) is 0 Å². The van der Waals surface area contributed by atoms with E-state index in [4.69, 9.17) is 4.74 Å². The van der Waals surface area contributed by atoms with Gasteiger partial charge in [-0.2, -0.15) is 4.31 Å². The number of pyridine rings is 1. The number of para-hydroxylation sites is 1. The van der Waals surface area contributed by atoms with Gasteiger partial charge in [0.15, 0.2) is 0 Å². The first kappa shape index (κ1) is 19.8. The van der Waals surface area contributed by atoms with Crippen molar-refractivity contribution in [1.29, 1.82) is 0 Å². The van der Waals surface area contributed by atoms with Gasteiger partial charge in [0.25, 0.3) is 0 Å². The number of benzene rings is 1. The maximum Gasteiger partial charge on any atom is 0.227 e. The molecule has 0 spiro atoms. The number of rotatable bonds is 5. The number of nitrogens with zero attached hydrogens (tertiary/aromatic N) is 3. The van der Waals surface area contributed by atoms with Crippen molar-refractivity contribution < 1.29 is 17.9 Å². The van der Waals surface area contributed by atoms with Gasteiger partial charge in [0.05, 0.1) is 24.2 Å². The summed E-state index contributed by atoms with van der Waals surface area (Å²) in [4.78, 5) is 18.2. The molecule has 1 aromatic heterocycles. The van der Waals surface area contributed by atoms with E-state index >= 15 is 0 Å². The fraction of sp³-hybridized carbons (Fsp3) is 0.429. The molecular formula is C21H25N3O4S. The minimum atomic E-state index is -3.20. The summed E-state index contributed by atoms with van der Waals surface area (Å²) in [5.41, 5.74) is 3.88. The highest BCUT2D eigenvalue weighted by atomic mass is 32.2. The molecule has 2 aliphatic heterocycles. The largest absolute Gasteiger partial charge is 0.487 e. The summed E-state index contributed by atoms with van der Waals surface area (Å²) in [7, 11) is -1.39. The normalized spacial score (nSPS) is 20.0. The lowest BCUT2D eigenvalue weighted by Crippen LogP contribution is -2.32. The number of amides is 1. The summed E-state index contributed by atoms with van der Waals surface area (Å²) in [6.07, 6.45) is 5.12. The fourth-order valence-electron chi connectivity index (χ4n) is 4.01. The molecule has 3 heterocycles. The Kier molecular flexibility index (Phi) is 5.31. The molecule has 0 radical (unpaired) electrons. The Balaban J connectivity index is 1.58. The van der Waals surface area contributed by atoms with Crippen LogP contribution in [0.2, 0.25) is 0 Å². The Morgan fingerprint density at radius 2 is 2.07 bits per heavy atom. The van der Waals surface area contributed by atoms with E-state index in [-0.39, 0.29) is 17.8 Å². The van der Waals surface area contributed by atoms with E-state index < -0.39 is 10.0 Å². The Hall–Kier alpha value is -2.45. The van der Waals surface area contributed by atoms with Crippen molar-refractivity contribution >= 4 is 21.6 Å². The van der Waals surface area contributed by atoms with Crippen LogP contribution in [0.4, 0.5) is 5.69 Å². The highest BCUT2D eigenvalue weighted by Gasteiger charge is 2.31. The van der Waals surface area contributed by atoms with Crippen LogP contribution in [-0.2, 0) is 21.2 Å². The first-order valence-corrected chi connectivity index (χ1v) is 11.5. The lowest BCUT2D eigenvalue weighted by atomic mass is 9.94. The number of aryl methyl sites for hydroxylation is 1. The zero-order chi connectivity index (χ0) is 20.6. The number of hydrogen-bond acceptors (Lipinski definition) is 5. The van der Waals surface area contributed by atoms with Gasteiger partial charge in [0.2, 0.25) is 15.9 Å². The van der Waals surface area contributed by atoms with Crippen molar-refractivity contribution in [3.63, 3.8) is 0 Å². The summed E-state index contributed by atoms with van der Waals surface area (Å²) in [6, 6.07) is 7.94. The standard InChI is InChI=1S/C21H25N3O4S/c1-3-29(26,27)24-10-9-17(14-24)28-18-11-16(12-22-13-18)19-6-4-5-15-7-8-20(25)23(2)21(15)19/h4-6,11-13,17H,3,7-10,14H2,1-2H3/t17-/m0/s1. The molecule has 1 saturated heterocycles. The van der Waals surface area contributed by atoms with E-state index in [1.165, 1.54) is 4.31 Å². The van der Waals surface area contributed by atoms with Gasteiger partial charge >= 0.3 is 0 Å². The third-order valence-corrected chi connectivity index (χ3v) is 7.48. The van der Waals surface area contributed by atoms with Crippen LogP contribution >= 0.6 is 0 Å². The van der Waals surface area contributed by atoms with Crippen LogP contribution in [-0.4, -0.2) is 55.6 Å². The van der Waals surface area contributed by atoms with E-state index in [0.29, 0.717) is 31.7 Å². The van der Waals surface area contributed by atoms with Crippen LogP contribution in [0, 0.1) is 0 Å². The number of anilines is 1. The Morgan fingerprint density at radius 3 is 2.86 bits per heavy atom. The molecule has 0 bridgehead atoms. The minimum Gasteiger partial charge on any atom is -0.487 e. The lowest BCUT2D eigenvalue weighted by molar-refractivity contribution is -0.118. The molecule has 0 saturated carbocycles. The third-order valence-electron chi connectivity index (χ3n) is 5.63. The summed E-state index contributed by atoms with van der Waals surface area (Å²) in [5, 5.41) is 0. The average molecular weight is 416 g/mol. The molecule has 1 aromatic carbocycles. The Labute approximate surface area is 171 Å². The van der Waals surface area contributed by atoms with Gasteiger partial charge in [0.1, 0.15) is 11.9 Å². The van der Waals surface area contributed by atoms with Gasteiger partial charge in [-0.1, -0.05) is 18.2 Å². The first-order valence-electron chi connectivity index (χ1n) is 9.87. The van der Waals surface area contributed by atoms with E-state index in [1.807, 2.05) is 18.2 Å². The van der Waals surface area contributed by atoms with Crippen LogP contribution in [0.1, 0.15) is 25.3 Å². The second-order valence-electron chi connectivity index (χ2n) is 7.46. The minimum absolute atomic E-state index is 0.0993. The molecular weight excluding hydrogens is 390 g/mol. The molecule has 8 heteroatoms. The zero-order valence-corrected chi connectivity index (χ0v) is 17.5. The molecule has 29 heavy (non-hydrogen) atoms. The summed E-state index contributed by atoms with van der Waals surface area (Å²) < 4.78 is 31.7. The molecule has 2 aromatic rings. The molecule has 1 fully saturated rings. The molecule has 2 aliphatic rings. The quantitative estimate of drug-likeness (QED) is 0.750. The number of fused-ring (bicyclic) bond motifs is 1. The van der Waals surface area contributed by atoms with Crippen molar-refractivity contribution in [2.75, 3.05) is 30.8 Å². The van der Waals surface area contributed by atoms with Gasteiger partial charge < -0.3 is 9.64 Å². The van der Waals surface area contributed by atoms with Gasteiger partial charge in [-0.05, 0) is 31.4 Å². The molecule has 1 amide bonds. The number of carbonyl (C=O) groups is 1. The van der Waals surface area contributed by atoms with E-state index in [2.05, 4.69) is 11.1 Å². The number of hydrogen-bond donors (Lipinski definition) is 0. The first-order chi connectivity index (χ1) is 13.9. The highest BCUT2D eigenvalue weighted by molar-refractivity contribution is 7.89. The highest BCUT2D eigenvalue weighted by Crippen LogP contribution is 2.37. The van der Waals surface area contributed by atoms with Crippen molar-refractivity contribution in [3.05, 3.63) is 42.2 Å². The summed E-state index contributed by atoms with van der Waals surface area (Å²) >= 11 is 0. The SMILES string of the molecule is CCS(=O)(=O)N1CC[C@H](Oc2cncc(-c3cccc4c3N(C)C(=O)CC4)c2)C1. The van der Waals surface area contributed by atoms with Gasteiger partial charge in [-0.3, -0.25) is 9.78 Å². The predicted molar refractivity (Wildman–Crippen MR) is 111 cm³/mol. The predicted octanol–water partition coefficient (Wildman–Crippen LogP) is 2.46. The van der Waals surface area contributed by atoms with Crippen LogP contribution < -0.4 is 9.64 Å². The van der Waals surface area contributed by atoms with E-state index in [1.54, 1.807) is 31.3 Å². The van der Waals surface area contributed by atoms with Gasteiger partial charge in [0, 0.05) is 37.3 Å². The van der Waals surface area contributed by atoms with Crippen LogP contribution in [0.25, 0.3) is 11.1 Å². The zero-order valence-electron chi connectivity index (χ0n) is 16.7. The van der Waals surface area contributed by atoms with E-state index in [0.717, 1.165) is 28.8 Å². The van der Waals surface area contributed by atoms with Crippen molar-refractivity contribution in [2.45, 2.75) is 32.3 Å². The summed E-state index contributed by atoms with van der Waals surface area (Å²) in [6.45, 7) is 2.49. The third kappa shape index (κ3) is 3.86. The van der Waals surface area contributed by atoms with Crippen LogP contribution in [0.5, 0.6) is 5.75 Å². The Bertz CT molecular complexity index is 1040. The molecule has 0 unspecified atom stereocenters. The number of ether oxygens (including phenoxy) is 1. The molecule has 154 valence electrons. The lowest BCUT2D eigenvalue weighted by Gasteiger charge is -2.28. The molecule has 0 N–H and O–H groups in total. The molecule has 4 rings (SSSR count). The maximum atomic E-state index is 12.2. The number of carbonyl (C=O) groups excluding carboxylic acids is 1.